The van der Waals surface area contributed by atoms with Gasteiger partial charge in [-0.25, -0.2) is 4.98 Å². The number of nitrogens with zero attached hydrogens (tertiary/aromatic N) is 5. The second-order valence-corrected chi connectivity index (χ2v) is 8.70. The second-order valence-electron chi connectivity index (χ2n) is 7.55. The largest absolute Gasteiger partial charge is 0.354 e. The zero-order valence-corrected chi connectivity index (χ0v) is 19.2. The summed E-state index contributed by atoms with van der Waals surface area (Å²) in [6, 6.07) is 26.5. The number of nitriles is 1. The molecule has 3 aromatic heterocycles. The molecule has 0 fully saturated rings. The minimum Gasteiger partial charge on any atom is -0.354 e. The first-order valence-electron chi connectivity index (χ1n) is 10.6. The molecular weight excluding hydrogens is 440 g/mol. The highest BCUT2D eigenvalue weighted by Crippen LogP contribution is 2.33. The Kier molecular flexibility index (Phi) is 6.06. The van der Waals surface area contributed by atoms with Crippen LogP contribution in [0.4, 0.5) is 22.9 Å². The zero-order valence-electron chi connectivity index (χ0n) is 18.4. The molecule has 0 radical (unpaired) electrons. The number of hydrogen-bond donors (Lipinski definition) is 1. The molecule has 7 heteroatoms. The van der Waals surface area contributed by atoms with Crippen LogP contribution in [0.5, 0.6) is 0 Å². The molecule has 0 saturated heterocycles. The van der Waals surface area contributed by atoms with Crippen LogP contribution in [0.25, 0.3) is 10.9 Å². The van der Waals surface area contributed by atoms with Crippen molar-refractivity contribution in [3.05, 3.63) is 103 Å². The van der Waals surface area contributed by atoms with E-state index in [-0.39, 0.29) is 0 Å². The van der Waals surface area contributed by atoms with E-state index < -0.39 is 0 Å². The van der Waals surface area contributed by atoms with Crippen molar-refractivity contribution in [2.75, 3.05) is 17.3 Å². The molecule has 6 nitrogen and oxygen atoms in total. The van der Waals surface area contributed by atoms with Gasteiger partial charge in [0.25, 0.3) is 0 Å². The van der Waals surface area contributed by atoms with Gasteiger partial charge < -0.3 is 10.2 Å². The highest BCUT2D eigenvalue weighted by Gasteiger charge is 2.13. The van der Waals surface area contributed by atoms with Crippen molar-refractivity contribution in [1.29, 1.82) is 5.26 Å². The van der Waals surface area contributed by atoms with Crippen LogP contribution in [0, 0.1) is 11.3 Å². The van der Waals surface area contributed by atoms with E-state index in [0.29, 0.717) is 16.8 Å². The van der Waals surface area contributed by atoms with Crippen LogP contribution in [-0.4, -0.2) is 22.0 Å². The molecule has 0 bridgehead atoms. The van der Waals surface area contributed by atoms with Crippen LogP contribution < -0.4 is 10.2 Å². The van der Waals surface area contributed by atoms with E-state index in [9.17, 15) is 5.26 Å². The van der Waals surface area contributed by atoms with E-state index in [0.717, 1.165) is 27.5 Å². The molecule has 5 rings (SSSR count). The maximum Gasteiger partial charge on any atom is 0.133 e. The van der Waals surface area contributed by atoms with Crippen LogP contribution in [0.15, 0.2) is 107 Å². The van der Waals surface area contributed by atoms with Gasteiger partial charge in [0.15, 0.2) is 0 Å². The molecular formula is C27H20N6S. The lowest BCUT2D eigenvalue weighted by Crippen LogP contribution is -2.11. The average molecular weight is 461 g/mol. The van der Waals surface area contributed by atoms with Crippen molar-refractivity contribution in [2.45, 2.75) is 9.79 Å². The molecule has 5 aromatic rings. The fourth-order valence-corrected chi connectivity index (χ4v) is 4.38. The molecule has 1 N–H and O–H groups in total. The van der Waals surface area contributed by atoms with E-state index in [2.05, 4.69) is 50.6 Å². The highest BCUT2D eigenvalue weighted by molar-refractivity contribution is 7.99. The van der Waals surface area contributed by atoms with E-state index in [1.165, 1.54) is 4.90 Å². The Labute approximate surface area is 201 Å². The van der Waals surface area contributed by atoms with E-state index >= 15 is 0 Å². The van der Waals surface area contributed by atoms with Crippen molar-refractivity contribution in [3.8, 4) is 6.07 Å². The molecule has 2 aromatic carbocycles. The van der Waals surface area contributed by atoms with Gasteiger partial charge in [0.05, 0.1) is 34.8 Å². The summed E-state index contributed by atoms with van der Waals surface area (Å²) in [4.78, 5) is 17.5. The van der Waals surface area contributed by atoms with Crippen molar-refractivity contribution in [3.63, 3.8) is 0 Å². The molecule has 164 valence electrons. The summed E-state index contributed by atoms with van der Waals surface area (Å²) < 4.78 is 0. The lowest BCUT2D eigenvalue weighted by atomic mass is 10.1. The van der Waals surface area contributed by atoms with Gasteiger partial charge in [-0.15, -0.1) is 0 Å². The number of nitrogens with one attached hydrogen (secondary N) is 1. The Morgan fingerprint density at radius 3 is 2.41 bits per heavy atom. The normalized spacial score (nSPS) is 10.6. The maximum absolute atomic E-state index is 9.75. The zero-order chi connectivity index (χ0) is 23.3. The van der Waals surface area contributed by atoms with Crippen LogP contribution in [0.1, 0.15) is 5.56 Å². The van der Waals surface area contributed by atoms with Gasteiger partial charge in [0.2, 0.25) is 0 Å². The summed E-state index contributed by atoms with van der Waals surface area (Å²) >= 11 is 1.71. The Morgan fingerprint density at radius 2 is 1.68 bits per heavy atom. The molecule has 0 unspecified atom stereocenters. The van der Waals surface area contributed by atoms with Gasteiger partial charge in [-0.05, 0) is 54.6 Å². The lowest BCUT2D eigenvalue weighted by molar-refractivity contribution is 1.12. The predicted octanol–water partition coefficient (Wildman–Crippen LogP) is 6.56. The summed E-state index contributed by atoms with van der Waals surface area (Å²) in [5, 5.41) is 14.0. The molecule has 0 spiro atoms. The average Bonchev–Trinajstić information content (AvgIpc) is 2.90. The fraction of sp³-hybridized carbons (Fsp3) is 0.0370. The third-order valence-electron chi connectivity index (χ3n) is 5.34. The molecule has 0 saturated carbocycles. The van der Waals surface area contributed by atoms with E-state index in [1.54, 1.807) is 36.5 Å². The van der Waals surface area contributed by atoms with Gasteiger partial charge in [-0.1, -0.05) is 30.0 Å². The second kappa shape index (κ2) is 9.61. The molecule has 0 aliphatic rings. The topological polar surface area (TPSA) is 77.7 Å². The third-order valence-corrected chi connectivity index (χ3v) is 6.36. The van der Waals surface area contributed by atoms with Crippen LogP contribution in [-0.2, 0) is 0 Å². The minimum absolute atomic E-state index is 0.469. The number of anilines is 4. The summed E-state index contributed by atoms with van der Waals surface area (Å²) in [5.41, 5.74) is 3.69. The summed E-state index contributed by atoms with van der Waals surface area (Å²) in [6.07, 6.45) is 6.82. The fourth-order valence-electron chi connectivity index (χ4n) is 3.55. The maximum atomic E-state index is 9.75. The summed E-state index contributed by atoms with van der Waals surface area (Å²) in [6.45, 7) is 0. The molecule has 0 amide bonds. The van der Waals surface area contributed by atoms with Gasteiger partial charge in [0, 0.05) is 40.3 Å². The Bertz CT molecular complexity index is 1470. The molecule has 3 heterocycles. The Balaban J connectivity index is 1.47. The standard InChI is InChI=1S/C27H20N6S/c1-33(21-6-5-13-29-17-21)26-14-24-25(18-31-26)30-16-19(15-28)27(24)32-20-9-11-23(12-10-20)34-22-7-3-2-4-8-22/h2-14,16-18H,1H3,(H,30,32). The number of rotatable bonds is 6. The molecule has 0 atom stereocenters. The number of fused-ring (bicyclic) bond motifs is 1. The SMILES string of the molecule is CN(c1cccnc1)c1cc2c(Nc3ccc(Sc4ccccc4)cc3)c(C#N)cnc2cn1. The lowest BCUT2D eigenvalue weighted by Gasteiger charge is -2.19. The first-order valence-corrected chi connectivity index (χ1v) is 11.5. The Hall–Kier alpha value is -4.41. The van der Waals surface area contributed by atoms with Crippen LogP contribution in [0.3, 0.4) is 0 Å². The summed E-state index contributed by atoms with van der Waals surface area (Å²) in [5.74, 6) is 0.732. The quantitative estimate of drug-likeness (QED) is 0.307. The van der Waals surface area contributed by atoms with Gasteiger partial charge in [0.1, 0.15) is 11.9 Å². The first kappa shape index (κ1) is 21.4. The monoisotopic (exact) mass is 460 g/mol. The molecule has 0 aliphatic heterocycles. The first-order chi connectivity index (χ1) is 16.7. The van der Waals surface area contributed by atoms with Crippen molar-refractivity contribution in [2.24, 2.45) is 0 Å². The minimum atomic E-state index is 0.469. The number of benzene rings is 2. The number of aromatic nitrogens is 3. The van der Waals surface area contributed by atoms with Crippen LogP contribution in [0.2, 0.25) is 0 Å². The van der Waals surface area contributed by atoms with Crippen molar-refractivity contribution < 1.29 is 0 Å². The number of pyridine rings is 3. The highest BCUT2D eigenvalue weighted by atomic mass is 32.2. The van der Waals surface area contributed by atoms with Gasteiger partial charge in [-0.3, -0.25) is 9.97 Å². The molecule has 34 heavy (non-hydrogen) atoms. The van der Waals surface area contributed by atoms with Crippen LogP contribution >= 0.6 is 11.8 Å². The molecule has 0 aliphatic carbocycles. The third kappa shape index (κ3) is 4.53. The van der Waals surface area contributed by atoms with Gasteiger partial charge in [-0.2, -0.15) is 5.26 Å². The summed E-state index contributed by atoms with van der Waals surface area (Å²) in [7, 11) is 1.93. The van der Waals surface area contributed by atoms with E-state index in [1.807, 2.05) is 60.5 Å². The van der Waals surface area contributed by atoms with Gasteiger partial charge >= 0.3 is 0 Å². The predicted molar refractivity (Wildman–Crippen MR) is 137 cm³/mol. The number of hydrogen-bond acceptors (Lipinski definition) is 7. The smallest absolute Gasteiger partial charge is 0.133 e. The van der Waals surface area contributed by atoms with Crippen molar-refractivity contribution in [1.82, 2.24) is 15.0 Å². The van der Waals surface area contributed by atoms with E-state index in [4.69, 9.17) is 0 Å². The Morgan fingerprint density at radius 1 is 0.882 bits per heavy atom. The van der Waals surface area contributed by atoms with Crippen molar-refractivity contribution >= 4 is 45.5 Å².